The number of thiophene rings is 1. The van der Waals surface area contributed by atoms with E-state index in [9.17, 15) is 9.59 Å². The molecule has 2 rings (SSSR count). The minimum atomic E-state index is -2.48. The zero-order valence-electron chi connectivity index (χ0n) is 26.1. The molecule has 2 amide bonds. The van der Waals surface area contributed by atoms with Crippen molar-refractivity contribution in [2.24, 2.45) is 0 Å². The molecule has 0 unspecified atom stereocenters. The van der Waals surface area contributed by atoms with Crippen LogP contribution in [0.1, 0.15) is 143 Å². The molecule has 1 aromatic rings. The summed E-state index contributed by atoms with van der Waals surface area (Å²) in [6.07, 6.45) is 24.3. The molecule has 0 saturated heterocycles. The van der Waals surface area contributed by atoms with Crippen molar-refractivity contribution in [3.63, 3.8) is 0 Å². The van der Waals surface area contributed by atoms with Gasteiger partial charge in [0, 0.05) is 0 Å². The average molecular weight is 759 g/mol. The van der Waals surface area contributed by atoms with Crippen molar-refractivity contribution in [1.29, 1.82) is 0 Å². The van der Waals surface area contributed by atoms with Gasteiger partial charge in [0.2, 0.25) is 0 Å². The second-order valence-corrected chi connectivity index (χ2v) is 45.4. The van der Waals surface area contributed by atoms with Crippen LogP contribution in [-0.4, -0.2) is 60.0 Å². The van der Waals surface area contributed by atoms with Crippen molar-refractivity contribution < 1.29 is 9.59 Å². The van der Waals surface area contributed by atoms with Crippen LogP contribution in [0.4, 0.5) is 0 Å². The quantitative estimate of drug-likeness (QED) is 0.0712. The number of fused-ring (bicyclic) bond motifs is 1. The Balaban J connectivity index is 1.57. The van der Waals surface area contributed by atoms with E-state index in [1.54, 1.807) is 4.90 Å². The van der Waals surface area contributed by atoms with Gasteiger partial charge in [0.1, 0.15) is 0 Å². The van der Waals surface area contributed by atoms with Crippen LogP contribution in [0.25, 0.3) is 0 Å². The third-order valence-electron chi connectivity index (χ3n) is 7.92. The van der Waals surface area contributed by atoms with Crippen LogP contribution >= 0.6 is 11.3 Å². The summed E-state index contributed by atoms with van der Waals surface area (Å²) < 4.78 is 2.66. The number of hydrogen-bond donors (Lipinski definition) is 0. The number of amides is 2. The summed E-state index contributed by atoms with van der Waals surface area (Å²) >= 11 is -3.10. The molecule has 1 aromatic heterocycles. The Morgan fingerprint density at radius 2 is 0.789 bits per heavy atom. The predicted molar refractivity (Wildman–Crippen MR) is 174 cm³/mol. The second kappa shape index (κ2) is 17.4. The fourth-order valence-corrected chi connectivity index (χ4v) is 22.1. The maximum atomic E-state index is 13.4. The average Bonchev–Trinajstić information content (AvgIpc) is 3.36. The topological polar surface area (TPSA) is 37.4 Å². The minimum absolute atomic E-state index is 0.0247. The molecule has 0 aliphatic carbocycles. The van der Waals surface area contributed by atoms with Gasteiger partial charge in [-0.1, -0.05) is 77.6 Å². The molecule has 0 N–H and O–H groups in total. The van der Waals surface area contributed by atoms with Gasteiger partial charge in [-0.05, 0) is 0 Å². The van der Waals surface area contributed by atoms with E-state index in [1.165, 1.54) is 109 Å². The molecule has 0 atom stereocenters. The van der Waals surface area contributed by atoms with Crippen LogP contribution in [0.5, 0.6) is 0 Å². The summed E-state index contributed by atoms with van der Waals surface area (Å²) in [5, 5.41) is 0. The molecule has 2 heterocycles. The van der Waals surface area contributed by atoms with Gasteiger partial charge in [0.25, 0.3) is 0 Å². The second-order valence-electron chi connectivity index (χ2n) is 13.8. The zero-order valence-corrected chi connectivity index (χ0v) is 32.6. The molecule has 1 aliphatic heterocycles. The SMILES string of the molecule is CCCCCCCCCCCCCCCCCCCCN1C(=O)c2[c]([Sn]([CH3])([CH3])[CH3])s[c]([Sn]([CH3])([CH3])[CH3])c2C1=O. The Bertz CT molecular complexity index is 818. The summed E-state index contributed by atoms with van der Waals surface area (Å²) in [7, 11) is 0. The molecular formula is C32H59NO2SSn2. The fraction of sp³-hybridized carbons (Fsp3) is 0.812. The Morgan fingerprint density at radius 1 is 0.500 bits per heavy atom. The van der Waals surface area contributed by atoms with Crippen molar-refractivity contribution in [3.8, 4) is 0 Å². The molecule has 0 aromatic carbocycles. The zero-order chi connectivity index (χ0) is 28.2. The first kappa shape index (κ1) is 34.6. The summed E-state index contributed by atoms with van der Waals surface area (Å²) in [4.78, 5) is 42.6. The van der Waals surface area contributed by atoms with Crippen LogP contribution < -0.4 is 5.79 Å². The number of carbonyl (C=O) groups is 2. The number of carbonyl (C=O) groups excluding carboxylic acids is 2. The normalized spacial score (nSPS) is 14.1. The summed E-state index contributed by atoms with van der Waals surface area (Å²) in [5.41, 5.74) is 1.68. The first-order chi connectivity index (χ1) is 18.0. The van der Waals surface area contributed by atoms with E-state index in [1.807, 2.05) is 11.3 Å². The Kier molecular flexibility index (Phi) is 15.9. The molecule has 1 aliphatic rings. The van der Waals surface area contributed by atoms with Crippen molar-refractivity contribution >= 4 is 65.7 Å². The van der Waals surface area contributed by atoms with E-state index >= 15 is 0 Å². The van der Waals surface area contributed by atoms with Gasteiger partial charge >= 0.3 is 172 Å². The maximum absolute atomic E-state index is 13.4. The molecule has 0 fully saturated rings. The van der Waals surface area contributed by atoms with Crippen LogP contribution in [0.2, 0.25) is 29.6 Å². The van der Waals surface area contributed by atoms with E-state index in [4.69, 9.17) is 0 Å². The van der Waals surface area contributed by atoms with Crippen molar-refractivity contribution in [3.05, 3.63) is 11.1 Å². The van der Waals surface area contributed by atoms with E-state index in [2.05, 4.69) is 36.6 Å². The summed E-state index contributed by atoms with van der Waals surface area (Å²) in [6.45, 7) is 2.89. The van der Waals surface area contributed by atoms with Gasteiger partial charge in [-0.15, -0.1) is 0 Å². The number of rotatable bonds is 21. The van der Waals surface area contributed by atoms with Gasteiger partial charge in [-0.3, -0.25) is 0 Å². The Labute approximate surface area is 248 Å². The molecule has 218 valence electrons. The van der Waals surface area contributed by atoms with Crippen LogP contribution in [-0.2, 0) is 0 Å². The van der Waals surface area contributed by atoms with Gasteiger partial charge < -0.3 is 0 Å². The number of imide groups is 1. The van der Waals surface area contributed by atoms with E-state index in [0.717, 1.165) is 24.0 Å². The standard InChI is InChI=1S/C26H41NO2S.6CH3.2Sn/c1-2-3-4-5-6-7-8-9-10-11-12-13-14-15-16-17-18-19-20-27-25(28)23-21-30-22-24(23)26(27)29;;;;;;;;/h2-20H2,1H3;6*1H3;;. The Morgan fingerprint density at radius 3 is 1.08 bits per heavy atom. The third-order valence-corrected chi connectivity index (χ3v) is 27.9. The van der Waals surface area contributed by atoms with Crippen molar-refractivity contribution in [2.45, 2.75) is 152 Å². The van der Waals surface area contributed by atoms with Crippen molar-refractivity contribution in [2.75, 3.05) is 6.54 Å². The Hall–Kier alpha value is 0.437. The fourth-order valence-electron chi connectivity index (χ4n) is 5.63. The molecule has 0 spiro atoms. The molecule has 0 bridgehead atoms. The van der Waals surface area contributed by atoms with Gasteiger partial charge in [0.05, 0.1) is 0 Å². The van der Waals surface area contributed by atoms with Crippen molar-refractivity contribution in [1.82, 2.24) is 4.90 Å². The molecule has 3 nitrogen and oxygen atoms in total. The van der Waals surface area contributed by atoms with Gasteiger partial charge in [0.15, 0.2) is 0 Å². The first-order valence-electron chi connectivity index (χ1n) is 16.0. The summed E-state index contributed by atoms with van der Waals surface area (Å²) in [5.74, 6) is 0.0493. The van der Waals surface area contributed by atoms with Gasteiger partial charge in [-0.25, -0.2) is 0 Å². The molecule has 6 heteroatoms. The van der Waals surface area contributed by atoms with E-state index in [0.29, 0.717) is 6.54 Å². The van der Waals surface area contributed by atoms with E-state index < -0.39 is 36.8 Å². The van der Waals surface area contributed by atoms with Crippen LogP contribution in [0.3, 0.4) is 0 Å². The predicted octanol–water partition coefficient (Wildman–Crippen LogP) is 9.48. The summed E-state index contributed by atoms with van der Waals surface area (Å²) in [6, 6.07) is 0. The number of hydrogen-bond acceptors (Lipinski definition) is 3. The molecule has 0 saturated carbocycles. The van der Waals surface area contributed by atoms with E-state index in [-0.39, 0.29) is 11.8 Å². The monoisotopic (exact) mass is 761 g/mol. The van der Waals surface area contributed by atoms with Crippen LogP contribution in [0, 0.1) is 0 Å². The van der Waals surface area contributed by atoms with Crippen LogP contribution in [0.15, 0.2) is 0 Å². The molecular weight excluding hydrogens is 700 g/mol. The number of unbranched alkanes of at least 4 members (excludes halogenated alkanes) is 17. The third kappa shape index (κ3) is 11.0. The van der Waals surface area contributed by atoms with Gasteiger partial charge in [-0.2, -0.15) is 0 Å². The number of nitrogens with zero attached hydrogens (tertiary/aromatic N) is 1. The first-order valence-corrected chi connectivity index (χ1v) is 36.8. The molecule has 0 radical (unpaired) electrons. The molecule has 38 heavy (non-hydrogen) atoms.